The lowest BCUT2D eigenvalue weighted by Crippen LogP contribution is -2.01. The van der Waals surface area contributed by atoms with Crippen LogP contribution >= 0.6 is 11.3 Å². The molecule has 0 spiro atoms. The van der Waals surface area contributed by atoms with E-state index in [1.807, 2.05) is 19.9 Å². The van der Waals surface area contributed by atoms with Crippen LogP contribution in [0.4, 0.5) is 0 Å². The second-order valence-corrected chi connectivity index (χ2v) is 5.94. The second kappa shape index (κ2) is 4.76. The van der Waals surface area contributed by atoms with Crippen LogP contribution in [0.5, 0.6) is 0 Å². The SMILES string of the molecule is Cc1ccc2cccc(-c3ccc(C(C)N)s3)c2n1. The maximum Gasteiger partial charge on any atom is 0.0791 e. The van der Waals surface area contributed by atoms with Crippen LogP contribution in [0.3, 0.4) is 0 Å². The molecule has 96 valence electrons. The lowest BCUT2D eigenvalue weighted by molar-refractivity contribution is 0.838. The van der Waals surface area contributed by atoms with E-state index in [-0.39, 0.29) is 6.04 Å². The van der Waals surface area contributed by atoms with E-state index in [9.17, 15) is 0 Å². The van der Waals surface area contributed by atoms with E-state index in [1.165, 1.54) is 20.7 Å². The molecule has 2 N–H and O–H groups in total. The summed E-state index contributed by atoms with van der Waals surface area (Å²) in [6.07, 6.45) is 0. The van der Waals surface area contributed by atoms with E-state index in [1.54, 1.807) is 11.3 Å². The summed E-state index contributed by atoms with van der Waals surface area (Å²) in [5.41, 5.74) is 9.24. The molecule has 0 amide bonds. The van der Waals surface area contributed by atoms with Crippen LogP contribution in [0.15, 0.2) is 42.5 Å². The Hall–Kier alpha value is -1.71. The van der Waals surface area contributed by atoms with Crippen molar-refractivity contribution in [3.63, 3.8) is 0 Å². The normalized spacial score (nSPS) is 12.8. The quantitative estimate of drug-likeness (QED) is 0.753. The fourth-order valence-electron chi connectivity index (χ4n) is 2.19. The van der Waals surface area contributed by atoms with E-state index in [2.05, 4.69) is 41.4 Å². The lowest BCUT2D eigenvalue weighted by atomic mass is 10.1. The number of aryl methyl sites for hydroxylation is 1. The van der Waals surface area contributed by atoms with Gasteiger partial charge in [0.2, 0.25) is 0 Å². The van der Waals surface area contributed by atoms with Gasteiger partial charge in [0.15, 0.2) is 0 Å². The molecule has 0 saturated carbocycles. The van der Waals surface area contributed by atoms with Crippen LogP contribution in [-0.4, -0.2) is 4.98 Å². The van der Waals surface area contributed by atoms with Gasteiger partial charge in [-0.2, -0.15) is 0 Å². The van der Waals surface area contributed by atoms with Gasteiger partial charge in [0.1, 0.15) is 0 Å². The number of benzene rings is 1. The van der Waals surface area contributed by atoms with E-state index in [4.69, 9.17) is 5.73 Å². The minimum Gasteiger partial charge on any atom is -0.324 e. The Kier molecular flexibility index (Phi) is 3.09. The zero-order valence-electron chi connectivity index (χ0n) is 11.1. The molecule has 2 aromatic heterocycles. The van der Waals surface area contributed by atoms with Crippen LogP contribution in [0.25, 0.3) is 21.3 Å². The third-order valence-electron chi connectivity index (χ3n) is 3.20. The number of fused-ring (bicyclic) bond motifs is 1. The zero-order valence-corrected chi connectivity index (χ0v) is 11.9. The average Bonchev–Trinajstić information content (AvgIpc) is 2.87. The maximum atomic E-state index is 5.94. The third kappa shape index (κ3) is 2.27. The first-order valence-corrected chi connectivity index (χ1v) is 7.19. The van der Waals surface area contributed by atoms with Crippen LogP contribution in [0.1, 0.15) is 23.5 Å². The fraction of sp³-hybridized carbons (Fsp3) is 0.188. The summed E-state index contributed by atoms with van der Waals surface area (Å²) in [5, 5.41) is 1.18. The highest BCUT2D eigenvalue weighted by Gasteiger charge is 2.09. The first kappa shape index (κ1) is 12.3. The molecule has 2 nitrogen and oxygen atoms in total. The standard InChI is InChI=1S/C16H16N2S/c1-10-6-7-12-4-3-5-13(16(12)18-10)15-9-8-14(19-15)11(2)17/h3-9,11H,17H2,1-2H3. The van der Waals surface area contributed by atoms with Crippen molar-refractivity contribution in [3.05, 3.63) is 53.0 Å². The number of hydrogen-bond donors (Lipinski definition) is 1. The van der Waals surface area contributed by atoms with Crippen LogP contribution in [-0.2, 0) is 0 Å². The summed E-state index contributed by atoms with van der Waals surface area (Å²) in [5.74, 6) is 0. The largest absolute Gasteiger partial charge is 0.324 e. The highest BCUT2D eigenvalue weighted by Crippen LogP contribution is 2.34. The average molecular weight is 268 g/mol. The van der Waals surface area contributed by atoms with Crippen molar-refractivity contribution in [1.82, 2.24) is 4.98 Å². The molecule has 3 heteroatoms. The predicted octanol–water partition coefficient (Wildman–Crippen LogP) is 4.29. The minimum atomic E-state index is 0.0865. The van der Waals surface area contributed by atoms with Crippen molar-refractivity contribution < 1.29 is 0 Å². The molecule has 19 heavy (non-hydrogen) atoms. The van der Waals surface area contributed by atoms with Gasteiger partial charge in [-0.15, -0.1) is 11.3 Å². The molecule has 3 rings (SSSR count). The number of nitrogens with zero attached hydrogens (tertiary/aromatic N) is 1. The van der Waals surface area contributed by atoms with Gasteiger partial charge in [0.25, 0.3) is 0 Å². The van der Waals surface area contributed by atoms with Crippen molar-refractivity contribution in [2.45, 2.75) is 19.9 Å². The van der Waals surface area contributed by atoms with Crippen LogP contribution in [0.2, 0.25) is 0 Å². The van der Waals surface area contributed by atoms with Crippen molar-refractivity contribution in [2.24, 2.45) is 5.73 Å². The van der Waals surface area contributed by atoms with Gasteiger partial charge in [-0.1, -0.05) is 24.3 Å². The van der Waals surface area contributed by atoms with E-state index < -0.39 is 0 Å². The Labute approximate surface area is 116 Å². The summed E-state index contributed by atoms with van der Waals surface area (Å²) in [6.45, 7) is 4.04. The Bertz CT molecular complexity index is 728. The number of rotatable bonds is 2. The van der Waals surface area contributed by atoms with E-state index in [0.717, 1.165) is 11.2 Å². The first-order valence-electron chi connectivity index (χ1n) is 6.37. The van der Waals surface area contributed by atoms with Gasteiger partial charge in [0.05, 0.1) is 5.52 Å². The Morgan fingerprint density at radius 2 is 1.95 bits per heavy atom. The van der Waals surface area contributed by atoms with Gasteiger partial charge in [-0.05, 0) is 32.0 Å². The molecule has 1 aromatic carbocycles. The highest BCUT2D eigenvalue weighted by atomic mass is 32.1. The molecule has 0 bridgehead atoms. The number of hydrogen-bond acceptors (Lipinski definition) is 3. The topological polar surface area (TPSA) is 38.9 Å². The maximum absolute atomic E-state index is 5.94. The van der Waals surface area contributed by atoms with E-state index >= 15 is 0 Å². The third-order valence-corrected chi connectivity index (χ3v) is 4.52. The number of para-hydroxylation sites is 1. The van der Waals surface area contributed by atoms with Crippen molar-refractivity contribution in [1.29, 1.82) is 0 Å². The molecule has 0 aliphatic carbocycles. The van der Waals surface area contributed by atoms with E-state index in [0.29, 0.717) is 0 Å². The molecular formula is C16H16N2S. The van der Waals surface area contributed by atoms with Crippen molar-refractivity contribution >= 4 is 22.2 Å². The molecule has 0 aliphatic heterocycles. The number of nitrogens with two attached hydrogens (primary N) is 1. The molecule has 0 aliphatic rings. The highest BCUT2D eigenvalue weighted by molar-refractivity contribution is 7.15. The number of aromatic nitrogens is 1. The molecular weight excluding hydrogens is 252 g/mol. The zero-order chi connectivity index (χ0) is 13.4. The van der Waals surface area contributed by atoms with Crippen LogP contribution < -0.4 is 5.73 Å². The molecule has 2 heterocycles. The minimum absolute atomic E-state index is 0.0865. The summed E-state index contributed by atoms with van der Waals surface area (Å²) < 4.78 is 0. The fourth-order valence-corrected chi connectivity index (χ4v) is 3.17. The van der Waals surface area contributed by atoms with Gasteiger partial charge in [0, 0.05) is 32.4 Å². The lowest BCUT2D eigenvalue weighted by Gasteiger charge is -2.05. The number of thiophene rings is 1. The molecule has 0 saturated heterocycles. The molecule has 1 unspecified atom stereocenters. The summed E-state index contributed by atoms with van der Waals surface area (Å²) in [6, 6.07) is 14.8. The van der Waals surface area contributed by atoms with Gasteiger partial charge < -0.3 is 5.73 Å². The van der Waals surface area contributed by atoms with Crippen LogP contribution in [0, 0.1) is 6.92 Å². The molecule has 0 fully saturated rings. The smallest absolute Gasteiger partial charge is 0.0791 e. The van der Waals surface area contributed by atoms with Gasteiger partial charge in [-0.3, -0.25) is 4.98 Å². The Morgan fingerprint density at radius 1 is 1.11 bits per heavy atom. The van der Waals surface area contributed by atoms with Crippen molar-refractivity contribution in [2.75, 3.05) is 0 Å². The summed E-state index contributed by atoms with van der Waals surface area (Å²) in [4.78, 5) is 7.12. The van der Waals surface area contributed by atoms with Gasteiger partial charge in [-0.25, -0.2) is 0 Å². The number of pyridine rings is 1. The second-order valence-electron chi connectivity index (χ2n) is 4.82. The molecule has 0 radical (unpaired) electrons. The van der Waals surface area contributed by atoms with Crippen molar-refractivity contribution in [3.8, 4) is 10.4 Å². The summed E-state index contributed by atoms with van der Waals surface area (Å²) in [7, 11) is 0. The Morgan fingerprint density at radius 3 is 2.68 bits per heavy atom. The summed E-state index contributed by atoms with van der Waals surface area (Å²) >= 11 is 1.75. The predicted molar refractivity (Wildman–Crippen MR) is 82.4 cm³/mol. The molecule has 3 aromatic rings. The molecule has 1 atom stereocenters. The van der Waals surface area contributed by atoms with Gasteiger partial charge >= 0.3 is 0 Å². The first-order chi connectivity index (χ1) is 9.15. The monoisotopic (exact) mass is 268 g/mol. The Balaban J connectivity index is 2.20.